The topological polar surface area (TPSA) is 35.6 Å². The van der Waals surface area contributed by atoms with Gasteiger partial charge < -0.3 is 5.32 Å². The van der Waals surface area contributed by atoms with Crippen LogP contribution in [0.15, 0.2) is 42.1 Å². The molecule has 4 nitrogen and oxygen atoms in total. The van der Waals surface area contributed by atoms with Crippen molar-refractivity contribution < 1.29 is 4.79 Å². The van der Waals surface area contributed by atoms with Gasteiger partial charge in [-0.3, -0.25) is 9.80 Å². The molecule has 1 saturated heterocycles. The third kappa shape index (κ3) is 4.34. The van der Waals surface area contributed by atoms with Crippen molar-refractivity contribution in [3.05, 3.63) is 42.1 Å². The van der Waals surface area contributed by atoms with Crippen LogP contribution < -0.4 is 5.32 Å². The van der Waals surface area contributed by atoms with Gasteiger partial charge in [0.15, 0.2) is 0 Å². The lowest BCUT2D eigenvalue weighted by Crippen LogP contribution is -2.50. The highest BCUT2D eigenvalue weighted by Crippen LogP contribution is 2.19. The van der Waals surface area contributed by atoms with Gasteiger partial charge in [0.25, 0.3) is 5.91 Å². The van der Waals surface area contributed by atoms with Crippen molar-refractivity contribution in [1.29, 1.82) is 0 Å². The molecule has 120 valence electrons. The molecule has 1 aromatic carbocycles. The minimum atomic E-state index is 0.108. The van der Waals surface area contributed by atoms with Crippen LogP contribution >= 0.6 is 0 Å². The van der Waals surface area contributed by atoms with Crippen LogP contribution in [-0.4, -0.2) is 35.6 Å². The minimum Gasteiger partial charge on any atom is -0.359 e. The summed E-state index contributed by atoms with van der Waals surface area (Å²) in [5, 5.41) is 7.45. The molecular weight excluding hydrogens is 274 g/mol. The number of hydrazine groups is 1. The van der Waals surface area contributed by atoms with E-state index in [0.29, 0.717) is 0 Å². The van der Waals surface area contributed by atoms with E-state index in [1.165, 1.54) is 19.3 Å². The molecule has 4 heteroatoms. The summed E-state index contributed by atoms with van der Waals surface area (Å²) in [6.45, 7) is 6.81. The van der Waals surface area contributed by atoms with Gasteiger partial charge >= 0.3 is 0 Å². The van der Waals surface area contributed by atoms with E-state index < -0.39 is 0 Å². The van der Waals surface area contributed by atoms with Crippen molar-refractivity contribution in [3.63, 3.8) is 0 Å². The number of anilines is 1. The summed E-state index contributed by atoms with van der Waals surface area (Å²) in [6.07, 6.45) is 6.31. The van der Waals surface area contributed by atoms with Crippen LogP contribution in [0.5, 0.6) is 0 Å². The molecule has 1 N–H and O–H groups in total. The van der Waals surface area contributed by atoms with Gasteiger partial charge in [-0.1, -0.05) is 38.5 Å². The lowest BCUT2D eigenvalue weighted by atomic mass is 10.1. The summed E-state index contributed by atoms with van der Waals surface area (Å²) in [7, 11) is 0. The predicted octanol–water partition coefficient (Wildman–Crippen LogP) is 3.64. The van der Waals surface area contributed by atoms with Gasteiger partial charge in [0, 0.05) is 43.5 Å². The number of piperidine rings is 1. The largest absolute Gasteiger partial charge is 0.359 e. The van der Waals surface area contributed by atoms with E-state index in [2.05, 4.69) is 10.3 Å². The number of amides is 1. The maximum atomic E-state index is 12.3. The quantitative estimate of drug-likeness (QED) is 0.926. The van der Waals surface area contributed by atoms with Crippen LogP contribution in [0.25, 0.3) is 0 Å². The molecule has 0 saturated carbocycles. The monoisotopic (exact) mass is 301 g/mol. The number of carbonyl (C=O) groups is 1. The van der Waals surface area contributed by atoms with E-state index in [9.17, 15) is 4.79 Å². The second kappa shape index (κ2) is 8.59. The van der Waals surface area contributed by atoms with Gasteiger partial charge in [-0.2, -0.15) is 0 Å². The van der Waals surface area contributed by atoms with Gasteiger partial charge in [0.2, 0.25) is 0 Å². The number of nitrogens with zero attached hydrogens (tertiary/aromatic N) is 2. The van der Waals surface area contributed by atoms with Gasteiger partial charge in [-0.25, -0.2) is 5.01 Å². The van der Waals surface area contributed by atoms with E-state index in [0.717, 1.165) is 37.4 Å². The highest BCUT2D eigenvalue weighted by molar-refractivity contribution is 5.89. The number of carbonyl (C=O) groups excluding carboxylic acids is 1. The Morgan fingerprint density at radius 1 is 0.955 bits per heavy atom. The number of benzene rings is 1. The highest BCUT2D eigenvalue weighted by Gasteiger charge is 2.25. The number of nitrogens with one attached hydrogen (secondary N) is 1. The molecule has 2 aliphatic heterocycles. The second-order valence-electron chi connectivity index (χ2n) is 5.39. The molecule has 2 aliphatic rings. The fourth-order valence-corrected chi connectivity index (χ4v) is 2.84. The van der Waals surface area contributed by atoms with Gasteiger partial charge in [0.05, 0.1) is 0 Å². The maximum absolute atomic E-state index is 12.3. The molecule has 1 amide bonds. The molecule has 3 rings (SSSR count). The number of rotatable bonds is 3. The second-order valence-corrected chi connectivity index (χ2v) is 5.39. The van der Waals surface area contributed by atoms with Gasteiger partial charge in [-0.05, 0) is 25.0 Å². The molecule has 0 radical (unpaired) electrons. The Balaban J connectivity index is 0.000000847. The number of hydrogen-bond acceptors (Lipinski definition) is 3. The van der Waals surface area contributed by atoms with Crippen LogP contribution in [0.4, 0.5) is 5.69 Å². The zero-order valence-corrected chi connectivity index (χ0v) is 13.7. The molecule has 0 spiro atoms. The molecule has 0 atom stereocenters. The summed E-state index contributed by atoms with van der Waals surface area (Å²) < 4.78 is 0. The van der Waals surface area contributed by atoms with Gasteiger partial charge in [0.1, 0.15) is 0 Å². The Morgan fingerprint density at radius 3 is 2.27 bits per heavy atom. The molecule has 0 bridgehead atoms. The summed E-state index contributed by atoms with van der Waals surface area (Å²) in [5.41, 5.74) is 2.05. The molecule has 0 unspecified atom stereocenters. The number of para-hydroxylation sites is 1. The molecule has 1 fully saturated rings. The first-order valence-electron chi connectivity index (χ1n) is 8.42. The van der Waals surface area contributed by atoms with E-state index in [1.54, 1.807) is 6.08 Å². The van der Waals surface area contributed by atoms with E-state index >= 15 is 0 Å². The SMILES string of the molecule is CC.O=C1C=C(Nc2ccccc2)CCN1N1CCCCC1. The third-order valence-corrected chi connectivity index (χ3v) is 3.90. The number of hydrogen-bond donors (Lipinski definition) is 1. The Labute approximate surface area is 133 Å². The fraction of sp³-hybridized carbons (Fsp3) is 0.500. The summed E-state index contributed by atoms with van der Waals surface area (Å²) in [5.74, 6) is 0.108. The van der Waals surface area contributed by atoms with E-state index in [-0.39, 0.29) is 5.91 Å². The van der Waals surface area contributed by atoms with Crippen molar-refractivity contribution in [3.8, 4) is 0 Å². The molecule has 0 aromatic heterocycles. The average molecular weight is 301 g/mol. The Morgan fingerprint density at radius 2 is 1.64 bits per heavy atom. The first kappa shape index (κ1) is 16.6. The zero-order chi connectivity index (χ0) is 15.8. The summed E-state index contributed by atoms with van der Waals surface area (Å²) in [4.78, 5) is 12.3. The Hall–Kier alpha value is -1.81. The molecule has 22 heavy (non-hydrogen) atoms. The maximum Gasteiger partial charge on any atom is 0.262 e. The van der Waals surface area contributed by atoms with Crippen molar-refractivity contribution in [2.75, 3.05) is 25.0 Å². The summed E-state index contributed by atoms with van der Waals surface area (Å²) >= 11 is 0. The minimum absolute atomic E-state index is 0.108. The van der Waals surface area contributed by atoms with Gasteiger partial charge in [-0.15, -0.1) is 0 Å². The lowest BCUT2D eigenvalue weighted by Gasteiger charge is -2.38. The first-order valence-corrected chi connectivity index (χ1v) is 8.42. The fourth-order valence-electron chi connectivity index (χ4n) is 2.84. The Bertz CT molecular complexity index is 492. The lowest BCUT2D eigenvalue weighted by molar-refractivity contribution is -0.146. The molecule has 0 aliphatic carbocycles. The van der Waals surface area contributed by atoms with Crippen molar-refractivity contribution >= 4 is 11.6 Å². The van der Waals surface area contributed by atoms with Crippen LogP contribution in [0, 0.1) is 0 Å². The smallest absolute Gasteiger partial charge is 0.262 e. The molecular formula is C18H27N3O. The highest BCUT2D eigenvalue weighted by atomic mass is 16.2. The van der Waals surface area contributed by atoms with Crippen molar-refractivity contribution in [2.45, 2.75) is 39.5 Å². The van der Waals surface area contributed by atoms with Crippen LogP contribution in [0.1, 0.15) is 39.5 Å². The van der Waals surface area contributed by atoms with E-state index in [1.807, 2.05) is 49.2 Å². The van der Waals surface area contributed by atoms with Crippen LogP contribution in [-0.2, 0) is 4.79 Å². The standard InChI is InChI=1S/C16H21N3O.C2H6/c20-16-13-15(17-14-7-3-1-4-8-14)9-12-19(16)18-10-5-2-6-11-18;1-2/h1,3-4,7-8,13,17H,2,5-6,9-12H2;1-2H3. The first-order chi connectivity index (χ1) is 10.8. The van der Waals surface area contributed by atoms with Crippen LogP contribution in [0.2, 0.25) is 0 Å². The summed E-state index contributed by atoms with van der Waals surface area (Å²) in [6, 6.07) is 10.0. The zero-order valence-electron chi connectivity index (χ0n) is 13.7. The van der Waals surface area contributed by atoms with Crippen molar-refractivity contribution in [2.24, 2.45) is 0 Å². The van der Waals surface area contributed by atoms with Crippen LogP contribution in [0.3, 0.4) is 0 Å². The van der Waals surface area contributed by atoms with Crippen molar-refractivity contribution in [1.82, 2.24) is 10.0 Å². The molecule has 2 heterocycles. The average Bonchev–Trinajstić information content (AvgIpc) is 2.58. The van der Waals surface area contributed by atoms with E-state index in [4.69, 9.17) is 0 Å². The molecule has 1 aromatic rings. The third-order valence-electron chi connectivity index (χ3n) is 3.90. The normalized spacial score (nSPS) is 19.1. The predicted molar refractivity (Wildman–Crippen MR) is 91.2 cm³/mol. The Kier molecular flexibility index (Phi) is 6.46.